The summed E-state index contributed by atoms with van der Waals surface area (Å²) in [5, 5.41) is 2.52. The summed E-state index contributed by atoms with van der Waals surface area (Å²) in [6.45, 7) is -0.110. The van der Waals surface area contributed by atoms with Crippen molar-refractivity contribution in [3.8, 4) is 0 Å². The van der Waals surface area contributed by atoms with Crippen LogP contribution in [0.5, 0.6) is 0 Å². The maximum atomic E-state index is 11.8. The second kappa shape index (κ2) is 6.86. The molecule has 20 heavy (non-hydrogen) atoms. The minimum atomic E-state index is -0.459. The number of thiophene rings is 1. The van der Waals surface area contributed by atoms with Crippen LogP contribution in [-0.4, -0.2) is 25.5 Å². The molecule has 1 aromatic carbocycles. The van der Waals surface area contributed by atoms with Crippen LogP contribution < -0.4 is 5.32 Å². The Kier molecular flexibility index (Phi) is 4.90. The zero-order valence-corrected chi connectivity index (χ0v) is 11.9. The summed E-state index contributed by atoms with van der Waals surface area (Å²) in [6, 6.07) is 13.8. The lowest BCUT2D eigenvalue weighted by Gasteiger charge is -2.01. The van der Waals surface area contributed by atoms with Crippen LogP contribution in [0, 0.1) is 0 Å². The van der Waals surface area contributed by atoms with Gasteiger partial charge in [-0.25, -0.2) is 0 Å². The van der Waals surface area contributed by atoms with Crippen molar-refractivity contribution in [2.45, 2.75) is 6.42 Å². The van der Waals surface area contributed by atoms with Gasteiger partial charge in [0.15, 0.2) is 0 Å². The summed E-state index contributed by atoms with van der Waals surface area (Å²) < 4.78 is 4.47. The van der Waals surface area contributed by atoms with Gasteiger partial charge in [-0.2, -0.15) is 0 Å². The molecule has 5 heteroatoms. The molecule has 0 radical (unpaired) electrons. The summed E-state index contributed by atoms with van der Waals surface area (Å²) in [6.07, 6.45) is 0.801. The van der Waals surface area contributed by atoms with Crippen molar-refractivity contribution >= 4 is 23.2 Å². The molecule has 0 bridgehead atoms. The number of nitrogens with one attached hydrogen (secondary N) is 1. The fourth-order valence-corrected chi connectivity index (χ4v) is 2.66. The molecule has 1 aromatic heterocycles. The molecule has 0 fully saturated rings. The van der Waals surface area contributed by atoms with Crippen molar-refractivity contribution in [2.24, 2.45) is 0 Å². The zero-order valence-electron chi connectivity index (χ0n) is 11.1. The van der Waals surface area contributed by atoms with E-state index in [4.69, 9.17) is 0 Å². The number of esters is 1. The van der Waals surface area contributed by atoms with E-state index < -0.39 is 5.97 Å². The van der Waals surface area contributed by atoms with E-state index in [2.05, 4.69) is 22.2 Å². The van der Waals surface area contributed by atoms with Crippen LogP contribution in [0.4, 0.5) is 0 Å². The van der Waals surface area contributed by atoms with Gasteiger partial charge in [-0.05, 0) is 17.7 Å². The molecule has 1 heterocycles. The summed E-state index contributed by atoms with van der Waals surface area (Å²) in [5.41, 5.74) is 1.20. The molecule has 0 saturated carbocycles. The van der Waals surface area contributed by atoms with Crippen LogP contribution in [0.3, 0.4) is 0 Å². The molecule has 2 rings (SSSR count). The van der Waals surface area contributed by atoms with Crippen LogP contribution in [0.2, 0.25) is 0 Å². The first-order valence-corrected chi connectivity index (χ1v) is 6.98. The number of carbonyl (C=O) groups excluding carboxylic acids is 2. The molecule has 104 valence electrons. The van der Waals surface area contributed by atoms with Crippen LogP contribution in [0.25, 0.3) is 0 Å². The molecular weight excluding hydrogens is 274 g/mol. The molecule has 1 N–H and O–H groups in total. The second-order valence-corrected chi connectivity index (χ2v) is 5.36. The predicted molar refractivity (Wildman–Crippen MR) is 77.9 cm³/mol. The lowest BCUT2D eigenvalue weighted by Crippen LogP contribution is -2.29. The van der Waals surface area contributed by atoms with Crippen molar-refractivity contribution in [1.82, 2.24) is 5.32 Å². The topological polar surface area (TPSA) is 55.4 Å². The number of hydrogen-bond acceptors (Lipinski definition) is 4. The van der Waals surface area contributed by atoms with Gasteiger partial charge in [-0.15, -0.1) is 11.3 Å². The smallest absolute Gasteiger partial charge is 0.325 e. The first-order chi connectivity index (χ1) is 9.69. The molecule has 0 saturated heterocycles. The van der Waals surface area contributed by atoms with E-state index in [0.717, 1.165) is 11.3 Å². The van der Waals surface area contributed by atoms with Gasteiger partial charge in [0.2, 0.25) is 0 Å². The summed E-state index contributed by atoms with van der Waals surface area (Å²) in [7, 11) is 1.29. The van der Waals surface area contributed by atoms with Crippen LogP contribution in [-0.2, 0) is 16.0 Å². The highest BCUT2D eigenvalue weighted by Gasteiger charge is 2.11. The molecule has 0 spiro atoms. The largest absolute Gasteiger partial charge is 0.468 e. The van der Waals surface area contributed by atoms with Crippen molar-refractivity contribution in [1.29, 1.82) is 0 Å². The van der Waals surface area contributed by atoms with Gasteiger partial charge in [0.1, 0.15) is 6.54 Å². The van der Waals surface area contributed by atoms with Crippen LogP contribution in [0.15, 0.2) is 42.5 Å². The Labute approximate surface area is 121 Å². The molecule has 0 unspecified atom stereocenters. The van der Waals surface area contributed by atoms with Gasteiger partial charge in [-0.3, -0.25) is 9.59 Å². The van der Waals surface area contributed by atoms with Crippen molar-refractivity contribution in [3.05, 3.63) is 57.8 Å². The van der Waals surface area contributed by atoms with E-state index in [0.29, 0.717) is 4.88 Å². The monoisotopic (exact) mass is 289 g/mol. The Bertz CT molecular complexity index is 592. The second-order valence-electron chi connectivity index (χ2n) is 4.19. The van der Waals surface area contributed by atoms with Gasteiger partial charge in [0.05, 0.1) is 12.0 Å². The third-order valence-corrected chi connectivity index (χ3v) is 3.81. The van der Waals surface area contributed by atoms with Gasteiger partial charge in [-0.1, -0.05) is 30.3 Å². The molecule has 0 aliphatic heterocycles. The first-order valence-electron chi connectivity index (χ1n) is 6.16. The van der Waals surface area contributed by atoms with E-state index >= 15 is 0 Å². The average Bonchev–Trinajstić information content (AvgIpc) is 2.94. The molecule has 1 amide bonds. The molecule has 4 nitrogen and oxygen atoms in total. The summed E-state index contributed by atoms with van der Waals surface area (Å²) in [5.74, 6) is -0.709. The zero-order chi connectivity index (χ0) is 14.4. The number of hydrogen-bond donors (Lipinski definition) is 1. The number of amides is 1. The van der Waals surface area contributed by atoms with E-state index in [1.165, 1.54) is 24.0 Å². The summed E-state index contributed by atoms with van der Waals surface area (Å²) in [4.78, 5) is 24.5. The number of rotatable bonds is 5. The highest BCUT2D eigenvalue weighted by molar-refractivity contribution is 7.14. The Morgan fingerprint density at radius 2 is 1.90 bits per heavy atom. The van der Waals surface area contributed by atoms with Crippen molar-refractivity contribution in [2.75, 3.05) is 13.7 Å². The number of methoxy groups -OCH3 is 1. The maximum absolute atomic E-state index is 11.8. The summed E-state index contributed by atoms with van der Waals surface area (Å²) >= 11 is 1.43. The Balaban J connectivity index is 1.95. The Morgan fingerprint density at radius 1 is 1.15 bits per heavy atom. The fourth-order valence-electron chi connectivity index (χ4n) is 1.70. The molecule has 0 atom stereocenters. The van der Waals surface area contributed by atoms with Gasteiger partial charge < -0.3 is 10.1 Å². The minimum Gasteiger partial charge on any atom is -0.468 e. The fraction of sp³-hybridized carbons (Fsp3) is 0.200. The number of benzene rings is 1. The quantitative estimate of drug-likeness (QED) is 0.859. The van der Waals surface area contributed by atoms with Gasteiger partial charge in [0, 0.05) is 11.3 Å². The van der Waals surface area contributed by atoms with E-state index in [9.17, 15) is 9.59 Å². The van der Waals surface area contributed by atoms with E-state index in [1.54, 1.807) is 6.07 Å². The highest BCUT2D eigenvalue weighted by atomic mass is 32.1. The number of carbonyl (C=O) groups is 2. The van der Waals surface area contributed by atoms with Crippen LogP contribution in [0.1, 0.15) is 20.1 Å². The van der Waals surface area contributed by atoms with Crippen molar-refractivity contribution in [3.63, 3.8) is 0 Å². The molecule has 0 aliphatic rings. The van der Waals surface area contributed by atoms with E-state index in [-0.39, 0.29) is 12.5 Å². The van der Waals surface area contributed by atoms with Gasteiger partial charge >= 0.3 is 5.97 Å². The number of ether oxygens (including phenoxy) is 1. The third kappa shape index (κ3) is 3.93. The molecule has 0 aliphatic carbocycles. The van der Waals surface area contributed by atoms with Gasteiger partial charge in [0.25, 0.3) is 5.91 Å². The highest BCUT2D eigenvalue weighted by Crippen LogP contribution is 2.19. The first kappa shape index (κ1) is 14.3. The normalized spacial score (nSPS) is 10.1. The Hall–Kier alpha value is -2.14. The molecular formula is C15H15NO3S. The van der Waals surface area contributed by atoms with Crippen LogP contribution >= 0.6 is 11.3 Å². The Morgan fingerprint density at radius 3 is 2.60 bits per heavy atom. The third-order valence-electron chi connectivity index (χ3n) is 2.73. The van der Waals surface area contributed by atoms with E-state index in [1.807, 2.05) is 24.3 Å². The average molecular weight is 289 g/mol. The molecule has 2 aromatic rings. The lowest BCUT2D eigenvalue weighted by molar-refractivity contribution is -0.139. The lowest BCUT2D eigenvalue weighted by atomic mass is 10.1. The van der Waals surface area contributed by atoms with Crippen molar-refractivity contribution < 1.29 is 14.3 Å². The predicted octanol–water partition coefficient (Wildman–Crippen LogP) is 2.24. The minimum absolute atomic E-state index is 0.110. The maximum Gasteiger partial charge on any atom is 0.325 e. The SMILES string of the molecule is COC(=O)CNC(=O)c1ccc(Cc2ccccc2)s1. The standard InChI is InChI=1S/C15H15NO3S/c1-19-14(17)10-16-15(18)13-8-7-12(20-13)9-11-5-3-2-4-6-11/h2-8H,9-10H2,1H3,(H,16,18).